The molecule has 2 saturated heterocycles. The summed E-state index contributed by atoms with van der Waals surface area (Å²) in [6.45, 7) is 1.27. The summed E-state index contributed by atoms with van der Waals surface area (Å²) in [5.41, 5.74) is 0.177. The summed E-state index contributed by atoms with van der Waals surface area (Å²) in [6, 6.07) is 0.453. The number of carbonyl (C=O) groups is 1. The predicted molar refractivity (Wildman–Crippen MR) is 57.9 cm³/mol. The van der Waals surface area contributed by atoms with Crippen molar-refractivity contribution >= 4 is 5.97 Å². The van der Waals surface area contributed by atoms with E-state index in [1.165, 1.54) is 32.8 Å². The first-order chi connectivity index (χ1) is 7.75. The number of esters is 1. The van der Waals surface area contributed by atoms with E-state index in [1.807, 2.05) is 0 Å². The molecule has 2 heterocycles. The first kappa shape index (κ1) is 10.5. The Morgan fingerprint density at radius 1 is 1.62 bits per heavy atom. The third-order valence-corrected chi connectivity index (χ3v) is 4.59. The molecule has 4 heteroatoms. The second-order valence-corrected chi connectivity index (χ2v) is 5.32. The number of nitrogens with one attached hydrogen (secondary N) is 1. The highest BCUT2D eigenvalue weighted by Gasteiger charge is 2.63. The Balaban J connectivity index is 1.61. The molecule has 1 spiro atoms. The summed E-state index contributed by atoms with van der Waals surface area (Å²) in [7, 11) is 1.43. The third-order valence-electron chi connectivity index (χ3n) is 4.59. The van der Waals surface area contributed by atoms with Crippen LogP contribution < -0.4 is 5.32 Å². The van der Waals surface area contributed by atoms with Gasteiger partial charge >= 0.3 is 5.97 Å². The number of carbonyl (C=O) groups excluding carboxylic acids is 1. The van der Waals surface area contributed by atoms with Crippen LogP contribution in [0.15, 0.2) is 0 Å². The molecule has 4 rings (SSSR count). The van der Waals surface area contributed by atoms with Crippen LogP contribution in [0.1, 0.15) is 25.7 Å². The minimum atomic E-state index is -0.174. The first-order valence-corrected chi connectivity index (χ1v) is 6.19. The van der Waals surface area contributed by atoms with Gasteiger partial charge < -0.3 is 14.8 Å². The van der Waals surface area contributed by atoms with E-state index in [1.54, 1.807) is 0 Å². The van der Waals surface area contributed by atoms with Crippen LogP contribution in [0, 0.1) is 11.8 Å². The molecule has 4 atom stereocenters. The van der Waals surface area contributed by atoms with Gasteiger partial charge in [-0.05, 0) is 31.6 Å². The SMILES string of the molecule is COC(=O)CNC1CCCC23CC(CO2)C13. The number of ether oxygens (including phenoxy) is 2. The van der Waals surface area contributed by atoms with Gasteiger partial charge in [-0.25, -0.2) is 0 Å². The smallest absolute Gasteiger partial charge is 0.319 e. The fourth-order valence-corrected chi connectivity index (χ4v) is 3.92. The van der Waals surface area contributed by atoms with Gasteiger partial charge in [0, 0.05) is 12.0 Å². The maximum absolute atomic E-state index is 11.1. The highest BCUT2D eigenvalue weighted by molar-refractivity contribution is 5.71. The largest absolute Gasteiger partial charge is 0.468 e. The highest BCUT2D eigenvalue weighted by Crippen LogP contribution is 2.60. The Hall–Kier alpha value is -0.610. The zero-order chi connectivity index (χ0) is 11.2. The predicted octanol–water partition coefficient (Wildman–Crippen LogP) is 0.707. The average molecular weight is 225 g/mol. The topological polar surface area (TPSA) is 47.6 Å². The van der Waals surface area contributed by atoms with E-state index in [4.69, 9.17) is 4.74 Å². The molecule has 0 radical (unpaired) electrons. The van der Waals surface area contributed by atoms with Gasteiger partial charge in [-0.2, -0.15) is 0 Å². The molecule has 2 aliphatic heterocycles. The van der Waals surface area contributed by atoms with Gasteiger partial charge in [0.25, 0.3) is 0 Å². The van der Waals surface area contributed by atoms with E-state index in [9.17, 15) is 4.79 Å². The fraction of sp³-hybridized carbons (Fsp3) is 0.917. The summed E-state index contributed by atoms with van der Waals surface area (Å²) in [5, 5.41) is 3.34. The molecule has 0 aromatic rings. The average Bonchev–Trinajstić information content (AvgIpc) is 2.84. The first-order valence-electron chi connectivity index (χ1n) is 6.19. The third kappa shape index (κ3) is 1.39. The quantitative estimate of drug-likeness (QED) is 0.718. The van der Waals surface area contributed by atoms with Crippen LogP contribution in [0.4, 0.5) is 0 Å². The molecule has 4 unspecified atom stereocenters. The highest BCUT2D eigenvalue weighted by atomic mass is 16.5. The molecule has 2 aliphatic carbocycles. The standard InChI is InChI=1S/C12H19NO3/c1-15-10(14)6-13-9-3-2-4-12-5-8(7-16-12)11(9)12/h8-9,11,13H,2-7H2,1H3. The summed E-state index contributed by atoms with van der Waals surface area (Å²) < 4.78 is 10.6. The Labute approximate surface area is 95.7 Å². The molecule has 2 bridgehead atoms. The molecule has 90 valence electrons. The van der Waals surface area contributed by atoms with Crippen molar-refractivity contribution in [3.63, 3.8) is 0 Å². The Kier molecular flexibility index (Phi) is 2.44. The van der Waals surface area contributed by atoms with Gasteiger partial charge in [-0.3, -0.25) is 4.79 Å². The lowest BCUT2D eigenvalue weighted by Crippen LogP contribution is -2.60. The molecular weight excluding hydrogens is 206 g/mol. The van der Waals surface area contributed by atoms with Gasteiger partial charge in [0.05, 0.1) is 25.9 Å². The summed E-state index contributed by atoms with van der Waals surface area (Å²) >= 11 is 0. The van der Waals surface area contributed by atoms with E-state index in [-0.39, 0.29) is 11.6 Å². The molecule has 16 heavy (non-hydrogen) atoms. The van der Waals surface area contributed by atoms with Crippen LogP contribution >= 0.6 is 0 Å². The van der Waals surface area contributed by atoms with Crippen molar-refractivity contribution in [2.45, 2.75) is 37.3 Å². The number of rotatable bonds is 3. The van der Waals surface area contributed by atoms with Crippen molar-refractivity contribution in [2.75, 3.05) is 20.3 Å². The summed E-state index contributed by atoms with van der Waals surface area (Å²) in [5.74, 6) is 1.20. The lowest BCUT2D eigenvalue weighted by atomic mass is 9.56. The fourth-order valence-electron chi connectivity index (χ4n) is 3.92. The molecule has 0 aromatic carbocycles. The Morgan fingerprint density at radius 3 is 3.25 bits per heavy atom. The second-order valence-electron chi connectivity index (χ2n) is 5.32. The number of fused-ring (bicyclic) bond motifs is 1. The van der Waals surface area contributed by atoms with E-state index in [2.05, 4.69) is 10.1 Å². The molecule has 4 fully saturated rings. The number of hydrogen-bond donors (Lipinski definition) is 1. The zero-order valence-corrected chi connectivity index (χ0v) is 9.70. The second kappa shape index (κ2) is 3.70. The lowest BCUT2D eigenvalue weighted by molar-refractivity contribution is -0.140. The maximum atomic E-state index is 11.1. The monoisotopic (exact) mass is 225 g/mol. The van der Waals surface area contributed by atoms with Crippen LogP contribution in [0.3, 0.4) is 0 Å². The molecule has 1 N–H and O–H groups in total. The molecular formula is C12H19NO3. The normalized spacial score (nSPS) is 44.7. The van der Waals surface area contributed by atoms with Crippen LogP contribution in [0.25, 0.3) is 0 Å². The van der Waals surface area contributed by atoms with Gasteiger partial charge in [0.2, 0.25) is 0 Å². The van der Waals surface area contributed by atoms with Crippen molar-refractivity contribution in [3.05, 3.63) is 0 Å². The van der Waals surface area contributed by atoms with Crippen LogP contribution in [0.2, 0.25) is 0 Å². The van der Waals surface area contributed by atoms with Crippen LogP contribution in [-0.4, -0.2) is 37.9 Å². The van der Waals surface area contributed by atoms with Gasteiger partial charge in [0.1, 0.15) is 0 Å². The van der Waals surface area contributed by atoms with E-state index in [0.717, 1.165) is 12.5 Å². The molecule has 2 saturated carbocycles. The minimum absolute atomic E-state index is 0.174. The van der Waals surface area contributed by atoms with E-state index in [0.29, 0.717) is 18.5 Å². The minimum Gasteiger partial charge on any atom is -0.468 e. The lowest BCUT2D eigenvalue weighted by Gasteiger charge is -2.52. The summed E-state index contributed by atoms with van der Waals surface area (Å²) in [4.78, 5) is 11.1. The van der Waals surface area contributed by atoms with Gasteiger partial charge in [-0.15, -0.1) is 0 Å². The number of hydrogen-bond acceptors (Lipinski definition) is 4. The van der Waals surface area contributed by atoms with Gasteiger partial charge in [-0.1, -0.05) is 0 Å². The molecule has 4 nitrogen and oxygen atoms in total. The Bertz CT molecular complexity index is 303. The molecule has 0 aromatic heterocycles. The maximum Gasteiger partial charge on any atom is 0.319 e. The van der Waals surface area contributed by atoms with Crippen LogP contribution in [-0.2, 0) is 14.3 Å². The van der Waals surface area contributed by atoms with E-state index < -0.39 is 0 Å². The zero-order valence-electron chi connectivity index (χ0n) is 9.70. The number of methoxy groups -OCH3 is 1. The van der Waals surface area contributed by atoms with Crippen LogP contribution in [0.5, 0.6) is 0 Å². The molecule has 4 aliphatic rings. The van der Waals surface area contributed by atoms with Gasteiger partial charge in [0.15, 0.2) is 0 Å². The summed E-state index contributed by atoms with van der Waals surface area (Å²) in [6.07, 6.45) is 4.84. The van der Waals surface area contributed by atoms with E-state index >= 15 is 0 Å². The van der Waals surface area contributed by atoms with Crippen molar-refractivity contribution in [1.82, 2.24) is 5.32 Å². The Morgan fingerprint density at radius 2 is 2.50 bits per heavy atom. The van der Waals surface area contributed by atoms with Crippen molar-refractivity contribution < 1.29 is 14.3 Å². The molecule has 0 amide bonds. The van der Waals surface area contributed by atoms with Crippen molar-refractivity contribution in [2.24, 2.45) is 11.8 Å². The van der Waals surface area contributed by atoms with Crippen molar-refractivity contribution in [3.8, 4) is 0 Å². The van der Waals surface area contributed by atoms with Crippen molar-refractivity contribution in [1.29, 1.82) is 0 Å².